The quantitative estimate of drug-likeness (QED) is 0.744. The molecule has 3 aliphatic carbocycles. The molecule has 0 aromatic carbocycles. The fourth-order valence-corrected chi connectivity index (χ4v) is 4.48. The Labute approximate surface area is 158 Å². The summed E-state index contributed by atoms with van der Waals surface area (Å²) < 4.78 is 2.23. The first-order chi connectivity index (χ1) is 12.6. The van der Waals surface area contributed by atoms with E-state index in [2.05, 4.69) is 25.4 Å². The number of nitrogens with zero attached hydrogens (tertiary/aromatic N) is 3. The number of amides is 3. The molecule has 1 aromatic heterocycles. The minimum Gasteiger partial charge on any atom is -0.335 e. The standard InChI is InChI=1S/C18H27N5O2S/c1-11(16(24)20-17(25)19-13-5-3-2-4-6-13)26-18-22-21-15(12-7-8-12)23(18)14-9-10-14/h11-14H,2-10H2,1H3,(H2,19,20,24,25)/t11-/m0/s1. The van der Waals surface area contributed by atoms with E-state index < -0.39 is 0 Å². The molecule has 8 heteroatoms. The fourth-order valence-electron chi connectivity index (χ4n) is 3.56. The topological polar surface area (TPSA) is 88.9 Å². The minimum atomic E-state index is -0.388. The number of thioether (sulfide) groups is 1. The largest absolute Gasteiger partial charge is 0.335 e. The Bertz CT molecular complexity index is 677. The molecule has 3 aliphatic rings. The van der Waals surface area contributed by atoms with Crippen LogP contribution in [0.2, 0.25) is 0 Å². The lowest BCUT2D eigenvalue weighted by Crippen LogP contribution is -2.47. The molecule has 3 fully saturated rings. The van der Waals surface area contributed by atoms with E-state index in [1.54, 1.807) is 0 Å². The average molecular weight is 378 g/mol. The lowest BCUT2D eigenvalue weighted by molar-refractivity contribution is -0.119. The Morgan fingerprint density at radius 2 is 1.81 bits per heavy atom. The number of nitrogens with one attached hydrogen (secondary N) is 2. The fraction of sp³-hybridized carbons (Fsp3) is 0.778. The van der Waals surface area contributed by atoms with Crippen LogP contribution in [0.25, 0.3) is 0 Å². The summed E-state index contributed by atoms with van der Waals surface area (Å²) in [7, 11) is 0. The molecule has 4 rings (SSSR count). The van der Waals surface area contributed by atoms with E-state index in [9.17, 15) is 9.59 Å². The number of hydrogen-bond donors (Lipinski definition) is 2. The lowest BCUT2D eigenvalue weighted by atomic mass is 9.96. The Hall–Kier alpha value is -1.57. The van der Waals surface area contributed by atoms with Crippen LogP contribution >= 0.6 is 11.8 Å². The first-order valence-corrected chi connectivity index (χ1v) is 10.7. The summed E-state index contributed by atoms with van der Waals surface area (Å²) in [6.07, 6.45) is 10.2. The predicted molar refractivity (Wildman–Crippen MR) is 99.1 cm³/mol. The molecule has 142 valence electrons. The van der Waals surface area contributed by atoms with Gasteiger partial charge in [-0.2, -0.15) is 0 Å². The third-order valence-electron chi connectivity index (χ3n) is 5.37. The summed E-state index contributed by atoms with van der Waals surface area (Å²) in [6, 6.07) is 0.309. The number of carbonyl (C=O) groups is 2. The second-order valence-corrected chi connectivity index (χ2v) is 9.08. The number of carbonyl (C=O) groups excluding carboxylic acids is 2. The molecule has 0 spiro atoms. The molecule has 3 saturated carbocycles. The van der Waals surface area contributed by atoms with E-state index in [4.69, 9.17) is 0 Å². The van der Waals surface area contributed by atoms with Gasteiger partial charge in [0.2, 0.25) is 5.91 Å². The van der Waals surface area contributed by atoms with E-state index in [1.807, 2.05) is 6.92 Å². The van der Waals surface area contributed by atoms with Crippen LogP contribution in [-0.4, -0.2) is 38.0 Å². The van der Waals surface area contributed by atoms with Crippen LogP contribution < -0.4 is 10.6 Å². The molecule has 1 heterocycles. The van der Waals surface area contributed by atoms with E-state index in [1.165, 1.54) is 31.0 Å². The second kappa shape index (κ2) is 7.58. The molecular formula is C18H27N5O2S. The summed E-state index contributed by atoms with van der Waals surface area (Å²) in [5.74, 6) is 1.35. The number of imide groups is 1. The molecule has 0 radical (unpaired) electrons. The van der Waals surface area contributed by atoms with E-state index in [-0.39, 0.29) is 23.2 Å². The van der Waals surface area contributed by atoms with Crippen LogP contribution in [0.15, 0.2) is 5.16 Å². The van der Waals surface area contributed by atoms with Gasteiger partial charge in [0.15, 0.2) is 5.16 Å². The summed E-state index contributed by atoms with van der Waals surface area (Å²) in [6.45, 7) is 1.82. The van der Waals surface area contributed by atoms with Gasteiger partial charge in [0.1, 0.15) is 5.82 Å². The van der Waals surface area contributed by atoms with Crippen LogP contribution in [0.1, 0.15) is 82.5 Å². The van der Waals surface area contributed by atoms with Crippen molar-refractivity contribution in [2.45, 2.75) is 93.1 Å². The zero-order valence-corrected chi connectivity index (χ0v) is 16.1. The predicted octanol–water partition coefficient (Wildman–Crippen LogP) is 3.13. The Morgan fingerprint density at radius 1 is 1.08 bits per heavy atom. The number of urea groups is 1. The van der Waals surface area contributed by atoms with Gasteiger partial charge in [0, 0.05) is 18.0 Å². The van der Waals surface area contributed by atoms with Gasteiger partial charge in [-0.05, 0) is 45.4 Å². The summed E-state index contributed by atoms with van der Waals surface area (Å²) >= 11 is 1.40. The highest BCUT2D eigenvalue weighted by Gasteiger charge is 2.37. The third kappa shape index (κ3) is 4.22. The zero-order chi connectivity index (χ0) is 18.1. The molecular weight excluding hydrogens is 350 g/mol. The van der Waals surface area contributed by atoms with Crippen molar-refractivity contribution in [2.75, 3.05) is 0 Å². The van der Waals surface area contributed by atoms with Crippen LogP contribution in [0, 0.1) is 0 Å². The first-order valence-electron chi connectivity index (χ1n) is 9.84. The summed E-state index contributed by atoms with van der Waals surface area (Å²) in [5.41, 5.74) is 0. The maximum atomic E-state index is 12.4. The van der Waals surface area contributed by atoms with Gasteiger partial charge in [0.25, 0.3) is 0 Å². The van der Waals surface area contributed by atoms with E-state index in [0.717, 1.165) is 49.5 Å². The van der Waals surface area contributed by atoms with Crippen molar-refractivity contribution in [3.8, 4) is 0 Å². The molecule has 7 nitrogen and oxygen atoms in total. The molecule has 0 saturated heterocycles. The second-order valence-electron chi connectivity index (χ2n) is 7.77. The Kier molecular flexibility index (Phi) is 5.20. The van der Waals surface area contributed by atoms with Crippen molar-refractivity contribution in [1.82, 2.24) is 25.4 Å². The van der Waals surface area contributed by atoms with Crippen molar-refractivity contribution < 1.29 is 9.59 Å². The first kappa shape index (κ1) is 17.8. The highest BCUT2D eigenvalue weighted by molar-refractivity contribution is 8.00. The van der Waals surface area contributed by atoms with Crippen LogP contribution in [0.3, 0.4) is 0 Å². The van der Waals surface area contributed by atoms with Crippen LogP contribution in [-0.2, 0) is 4.79 Å². The number of rotatable bonds is 6. The van der Waals surface area contributed by atoms with Crippen molar-refractivity contribution >= 4 is 23.7 Å². The molecule has 26 heavy (non-hydrogen) atoms. The smallest absolute Gasteiger partial charge is 0.321 e. The zero-order valence-electron chi connectivity index (χ0n) is 15.2. The third-order valence-corrected chi connectivity index (χ3v) is 6.43. The number of hydrogen-bond acceptors (Lipinski definition) is 5. The Morgan fingerprint density at radius 3 is 2.46 bits per heavy atom. The maximum absolute atomic E-state index is 12.4. The molecule has 1 atom stereocenters. The van der Waals surface area contributed by atoms with E-state index >= 15 is 0 Å². The summed E-state index contributed by atoms with van der Waals surface area (Å²) in [4.78, 5) is 24.5. The molecule has 2 N–H and O–H groups in total. The van der Waals surface area contributed by atoms with Crippen molar-refractivity contribution in [2.24, 2.45) is 0 Å². The number of aromatic nitrogens is 3. The van der Waals surface area contributed by atoms with Gasteiger partial charge in [-0.15, -0.1) is 10.2 Å². The monoisotopic (exact) mass is 377 g/mol. The normalized spacial score (nSPS) is 22.0. The highest BCUT2D eigenvalue weighted by Crippen LogP contribution is 2.46. The molecule has 0 aliphatic heterocycles. The van der Waals surface area contributed by atoms with Gasteiger partial charge in [-0.1, -0.05) is 31.0 Å². The van der Waals surface area contributed by atoms with Crippen molar-refractivity contribution in [3.05, 3.63) is 5.82 Å². The van der Waals surface area contributed by atoms with Gasteiger partial charge in [-0.3, -0.25) is 10.1 Å². The molecule has 1 aromatic rings. The van der Waals surface area contributed by atoms with Gasteiger partial charge >= 0.3 is 6.03 Å². The maximum Gasteiger partial charge on any atom is 0.321 e. The van der Waals surface area contributed by atoms with E-state index in [0.29, 0.717) is 12.0 Å². The average Bonchev–Trinajstić information content (AvgIpc) is 3.55. The van der Waals surface area contributed by atoms with Gasteiger partial charge < -0.3 is 9.88 Å². The van der Waals surface area contributed by atoms with Crippen molar-refractivity contribution in [1.29, 1.82) is 0 Å². The lowest BCUT2D eigenvalue weighted by Gasteiger charge is -2.23. The van der Waals surface area contributed by atoms with Gasteiger partial charge in [0.05, 0.1) is 5.25 Å². The van der Waals surface area contributed by atoms with Crippen molar-refractivity contribution in [3.63, 3.8) is 0 Å². The molecule has 3 amide bonds. The molecule has 0 unspecified atom stereocenters. The SMILES string of the molecule is C[C@H](Sc1nnc(C2CC2)n1C1CC1)C(=O)NC(=O)NC1CCCCC1. The van der Waals surface area contributed by atoms with Crippen LogP contribution in [0.5, 0.6) is 0 Å². The Balaban J connectivity index is 1.32. The minimum absolute atomic E-state index is 0.193. The van der Waals surface area contributed by atoms with Crippen LogP contribution in [0.4, 0.5) is 4.79 Å². The summed E-state index contributed by atoms with van der Waals surface area (Å²) in [5, 5.41) is 14.5. The highest BCUT2D eigenvalue weighted by atomic mass is 32.2. The molecule has 0 bridgehead atoms. The van der Waals surface area contributed by atoms with Gasteiger partial charge in [-0.25, -0.2) is 4.79 Å².